The molecule has 3 amide bonds. The second-order valence-electron chi connectivity index (χ2n) is 12.1. The Labute approximate surface area is 248 Å². The predicted molar refractivity (Wildman–Crippen MR) is 165 cm³/mol. The van der Waals surface area contributed by atoms with Crippen molar-refractivity contribution in [2.24, 2.45) is 5.73 Å². The summed E-state index contributed by atoms with van der Waals surface area (Å²) in [4.78, 5) is 38.8. The van der Waals surface area contributed by atoms with Crippen molar-refractivity contribution in [3.63, 3.8) is 0 Å². The van der Waals surface area contributed by atoms with Crippen molar-refractivity contribution in [2.45, 2.75) is 129 Å². The number of fused-ring (bicyclic) bond motifs is 1. The Bertz CT molecular complexity index is 895. The summed E-state index contributed by atoms with van der Waals surface area (Å²) in [5, 5.41) is 12.3. The van der Waals surface area contributed by atoms with Crippen LogP contribution in [0, 0.1) is 0 Å². The molecule has 2 aliphatic rings. The van der Waals surface area contributed by atoms with Gasteiger partial charge in [-0.1, -0.05) is 37.1 Å². The monoisotopic (exact) mass is 576 g/mol. The minimum Gasteiger partial charge on any atom is -0.444 e. The highest BCUT2D eigenvalue weighted by atomic mass is 16.6. The van der Waals surface area contributed by atoms with Gasteiger partial charge in [-0.3, -0.25) is 14.5 Å². The van der Waals surface area contributed by atoms with Gasteiger partial charge >= 0.3 is 6.09 Å². The molecule has 4 atom stereocenters. The maximum Gasteiger partial charge on any atom is 0.410 e. The van der Waals surface area contributed by atoms with Gasteiger partial charge in [0.05, 0.1) is 12.6 Å². The van der Waals surface area contributed by atoms with Crippen LogP contribution >= 0.6 is 0 Å². The van der Waals surface area contributed by atoms with Gasteiger partial charge in [0.2, 0.25) is 12.3 Å². The highest BCUT2D eigenvalue weighted by Crippen LogP contribution is 2.26. The summed E-state index contributed by atoms with van der Waals surface area (Å²) in [6, 6.07) is 8.34. The van der Waals surface area contributed by atoms with Crippen molar-refractivity contribution >= 4 is 18.4 Å². The molecular weight excluding hydrogens is 520 g/mol. The fraction of sp³-hybridized carbons (Fsp3) is 0.719. The van der Waals surface area contributed by atoms with Gasteiger partial charge in [0.15, 0.2) is 0 Å². The van der Waals surface area contributed by atoms with Gasteiger partial charge in [0.25, 0.3) is 0 Å². The zero-order chi connectivity index (χ0) is 31.0. The summed E-state index contributed by atoms with van der Waals surface area (Å²) >= 11 is 0. The van der Waals surface area contributed by atoms with Crippen LogP contribution in [0.3, 0.4) is 0 Å². The lowest BCUT2D eigenvalue weighted by Gasteiger charge is -2.29. The number of nitrogens with one attached hydrogen (secondary N) is 1. The molecule has 9 nitrogen and oxygen atoms in total. The molecule has 0 aromatic heterocycles. The molecule has 3 unspecified atom stereocenters. The number of aliphatic hydroxyl groups is 1. The Balaban J connectivity index is 0.000000573. The van der Waals surface area contributed by atoms with Crippen LogP contribution in [0.2, 0.25) is 0 Å². The molecule has 234 valence electrons. The minimum absolute atomic E-state index is 0.00655. The van der Waals surface area contributed by atoms with Gasteiger partial charge in [-0.15, -0.1) is 0 Å². The standard InChI is InChI=1S/C21H39N3O5.C10H12.CH5N/c1-15(9-7-8-10-17-11-12-18(13-25)24(17)14-26)22-19(27)16(2)23(6)20(28)29-21(3,4)5;1-2-6-10-8-4-3-7-9(10)5-1;1-2/h14-18,25H,7-13H2,1-6H3,(H,22,27);1-2,5-6H,3-4,7-8H2;2H2,1H3/t15?,16-,17?,18?;;/m0../s1. The maximum atomic E-state index is 12.4. The zero-order valence-corrected chi connectivity index (χ0v) is 26.5. The number of aryl methyl sites for hydroxylation is 2. The first-order valence-electron chi connectivity index (χ1n) is 15.2. The summed E-state index contributed by atoms with van der Waals surface area (Å²) in [6.45, 7) is 9.01. The van der Waals surface area contributed by atoms with Gasteiger partial charge in [0.1, 0.15) is 11.6 Å². The number of rotatable bonds is 10. The SMILES string of the molecule is CC(CCCCC1CCC(CO)N1C=O)NC(=O)[C@H](C)N(C)C(=O)OC(C)(C)C.CN.c1ccc2c(c1)CCCC2. The van der Waals surface area contributed by atoms with Crippen molar-refractivity contribution in [2.75, 3.05) is 20.7 Å². The second kappa shape index (κ2) is 18.7. The fourth-order valence-electron chi connectivity index (χ4n) is 5.24. The summed E-state index contributed by atoms with van der Waals surface area (Å²) < 4.78 is 5.30. The number of nitrogens with zero attached hydrogens (tertiary/aromatic N) is 2. The average Bonchev–Trinajstić information content (AvgIpc) is 3.37. The van der Waals surface area contributed by atoms with E-state index in [9.17, 15) is 19.5 Å². The number of aliphatic hydroxyl groups excluding tert-OH is 1. The van der Waals surface area contributed by atoms with Crippen LogP contribution in [0.15, 0.2) is 24.3 Å². The van der Waals surface area contributed by atoms with E-state index in [1.54, 1.807) is 50.8 Å². The number of likely N-dealkylation sites (N-methyl/N-ethyl adjacent to an activating group) is 1. The topological polar surface area (TPSA) is 125 Å². The van der Waals surface area contributed by atoms with Crippen LogP contribution in [0.5, 0.6) is 0 Å². The Hall–Kier alpha value is -2.65. The third kappa shape index (κ3) is 12.8. The molecule has 1 aromatic rings. The number of benzene rings is 1. The molecule has 4 N–H and O–H groups in total. The van der Waals surface area contributed by atoms with E-state index in [2.05, 4.69) is 35.3 Å². The van der Waals surface area contributed by atoms with E-state index in [4.69, 9.17) is 4.74 Å². The summed E-state index contributed by atoms with van der Waals surface area (Å²) in [5.74, 6) is -0.209. The molecule has 0 saturated carbocycles. The molecule has 1 aliphatic heterocycles. The first kappa shape index (κ1) is 36.4. The number of hydrogen-bond donors (Lipinski definition) is 3. The highest BCUT2D eigenvalue weighted by molar-refractivity contribution is 5.85. The second-order valence-corrected chi connectivity index (χ2v) is 12.1. The van der Waals surface area contributed by atoms with E-state index in [1.807, 2.05) is 6.92 Å². The summed E-state index contributed by atoms with van der Waals surface area (Å²) in [6.07, 6.45) is 11.1. The van der Waals surface area contributed by atoms with E-state index >= 15 is 0 Å². The summed E-state index contributed by atoms with van der Waals surface area (Å²) in [5.41, 5.74) is 7.05. The lowest BCUT2D eigenvalue weighted by atomic mass is 9.92. The molecule has 0 bridgehead atoms. The average molecular weight is 577 g/mol. The normalized spacial score (nSPS) is 19.3. The quantitative estimate of drug-likeness (QED) is 0.280. The Morgan fingerprint density at radius 1 is 1.10 bits per heavy atom. The minimum atomic E-state index is -0.623. The van der Waals surface area contributed by atoms with E-state index in [0.717, 1.165) is 44.9 Å². The first-order valence-corrected chi connectivity index (χ1v) is 15.2. The van der Waals surface area contributed by atoms with E-state index in [0.29, 0.717) is 0 Å². The van der Waals surface area contributed by atoms with Gasteiger partial charge in [-0.05, 0) is 104 Å². The molecule has 41 heavy (non-hydrogen) atoms. The van der Waals surface area contributed by atoms with Crippen molar-refractivity contribution in [1.82, 2.24) is 15.1 Å². The van der Waals surface area contributed by atoms with E-state index in [1.165, 1.54) is 37.6 Å². The molecule has 3 rings (SSSR count). The molecule has 1 heterocycles. The maximum absolute atomic E-state index is 12.4. The zero-order valence-electron chi connectivity index (χ0n) is 26.5. The number of likely N-dealkylation sites (tertiary alicyclic amines) is 1. The number of unbranched alkanes of at least 4 members (excludes halogenated alkanes) is 1. The Morgan fingerprint density at radius 2 is 1.66 bits per heavy atom. The van der Waals surface area contributed by atoms with Crippen LogP contribution in [-0.4, -0.2) is 83.8 Å². The molecule has 1 fully saturated rings. The first-order chi connectivity index (χ1) is 19.5. The number of carbonyl (C=O) groups excluding carboxylic acids is 3. The van der Waals surface area contributed by atoms with Crippen LogP contribution < -0.4 is 11.1 Å². The van der Waals surface area contributed by atoms with Gasteiger partial charge in [-0.2, -0.15) is 0 Å². The smallest absolute Gasteiger partial charge is 0.410 e. The van der Waals surface area contributed by atoms with Crippen LogP contribution in [-0.2, 0) is 27.2 Å². The fourth-order valence-corrected chi connectivity index (χ4v) is 5.24. The molecule has 0 spiro atoms. The number of carbonyl (C=O) groups is 3. The van der Waals surface area contributed by atoms with Gasteiger partial charge < -0.3 is 25.8 Å². The third-order valence-electron chi connectivity index (χ3n) is 7.72. The predicted octanol–water partition coefficient (Wildman–Crippen LogP) is 4.43. The van der Waals surface area contributed by atoms with E-state index in [-0.39, 0.29) is 30.6 Å². The van der Waals surface area contributed by atoms with Crippen LogP contribution in [0.4, 0.5) is 4.79 Å². The van der Waals surface area contributed by atoms with Gasteiger partial charge in [0, 0.05) is 19.1 Å². The largest absolute Gasteiger partial charge is 0.444 e. The molecule has 1 saturated heterocycles. The molecular formula is C32H56N4O5. The van der Waals surface area contributed by atoms with E-state index < -0.39 is 17.7 Å². The lowest BCUT2D eigenvalue weighted by molar-refractivity contribution is -0.126. The van der Waals surface area contributed by atoms with Crippen molar-refractivity contribution in [3.05, 3.63) is 35.4 Å². The number of nitrogens with two attached hydrogens (primary N) is 1. The molecule has 9 heteroatoms. The number of amides is 3. The van der Waals surface area contributed by atoms with Gasteiger partial charge in [-0.25, -0.2) is 4.79 Å². The Kier molecular flexibility index (Phi) is 16.6. The Morgan fingerprint density at radius 3 is 2.17 bits per heavy atom. The lowest BCUT2D eigenvalue weighted by Crippen LogP contribution is -2.49. The molecule has 1 aromatic carbocycles. The number of ether oxygens (including phenoxy) is 1. The van der Waals surface area contributed by atoms with Crippen molar-refractivity contribution in [1.29, 1.82) is 0 Å². The highest BCUT2D eigenvalue weighted by Gasteiger charge is 2.31. The van der Waals surface area contributed by atoms with Crippen LogP contribution in [0.1, 0.15) is 97.1 Å². The molecule has 0 radical (unpaired) electrons. The molecule has 1 aliphatic carbocycles. The van der Waals surface area contributed by atoms with Crippen molar-refractivity contribution in [3.8, 4) is 0 Å². The number of hydrogen-bond acceptors (Lipinski definition) is 6. The third-order valence-corrected chi connectivity index (χ3v) is 7.72. The summed E-state index contributed by atoms with van der Waals surface area (Å²) in [7, 11) is 3.06. The van der Waals surface area contributed by atoms with Crippen LogP contribution in [0.25, 0.3) is 0 Å². The van der Waals surface area contributed by atoms with Crippen molar-refractivity contribution < 1.29 is 24.2 Å².